The smallest absolute Gasteiger partial charge is 0.197 e. The van der Waals surface area contributed by atoms with Gasteiger partial charge in [0.1, 0.15) is 12.0 Å². The van der Waals surface area contributed by atoms with Crippen molar-refractivity contribution < 1.29 is 4.79 Å². The number of aromatic nitrogens is 3. The Morgan fingerprint density at radius 1 is 1.64 bits per heavy atom. The number of imidazole rings is 1. The number of carbonyl (C=O) groups excluding carboxylic acids is 1. The molecule has 2 aromatic rings. The number of hydrogen-bond donors (Lipinski definition) is 1. The van der Waals surface area contributed by atoms with E-state index >= 15 is 0 Å². The second-order valence-corrected chi connectivity index (χ2v) is 2.92. The Balaban J connectivity index is 2.47. The van der Waals surface area contributed by atoms with Crippen molar-refractivity contribution in [2.24, 2.45) is 0 Å². The van der Waals surface area contributed by atoms with E-state index in [1.54, 1.807) is 36.4 Å². The highest BCUT2D eigenvalue weighted by atomic mass is 16.1. The van der Waals surface area contributed by atoms with Gasteiger partial charge in [-0.1, -0.05) is 0 Å². The zero-order chi connectivity index (χ0) is 9.97. The maximum Gasteiger partial charge on any atom is 0.197 e. The molecule has 0 aromatic carbocycles. The molecule has 0 aliphatic heterocycles. The zero-order valence-corrected chi connectivity index (χ0v) is 7.77. The Morgan fingerprint density at radius 3 is 3.29 bits per heavy atom. The minimum Gasteiger partial charge on any atom is -0.313 e. The maximum absolute atomic E-state index is 11.6. The summed E-state index contributed by atoms with van der Waals surface area (Å²) in [5.41, 5.74) is 1.21. The molecule has 5 heteroatoms. The van der Waals surface area contributed by atoms with E-state index in [9.17, 15) is 4.79 Å². The zero-order valence-electron chi connectivity index (χ0n) is 7.77. The monoisotopic (exact) mass is 190 g/mol. The third-order valence-electron chi connectivity index (χ3n) is 1.94. The van der Waals surface area contributed by atoms with Gasteiger partial charge < -0.3 is 9.72 Å². The Kier molecular flexibility index (Phi) is 2.24. The summed E-state index contributed by atoms with van der Waals surface area (Å²) in [6, 6.07) is 0. The quantitative estimate of drug-likeness (QED) is 0.699. The molecule has 2 rings (SSSR count). The van der Waals surface area contributed by atoms with Crippen LogP contribution in [0.4, 0.5) is 0 Å². The number of likely N-dealkylation sites (N-methyl/N-ethyl adjacent to an activating group) is 1. The molecule has 0 unspecified atom stereocenters. The molecule has 72 valence electrons. The van der Waals surface area contributed by atoms with Crippen LogP contribution in [0.3, 0.4) is 0 Å². The summed E-state index contributed by atoms with van der Waals surface area (Å²) >= 11 is 0. The van der Waals surface area contributed by atoms with Gasteiger partial charge in [-0.15, -0.1) is 0 Å². The first-order chi connectivity index (χ1) is 6.83. The molecule has 0 aliphatic carbocycles. The molecule has 1 N–H and O–H groups in total. The van der Waals surface area contributed by atoms with Gasteiger partial charge >= 0.3 is 0 Å². The second kappa shape index (κ2) is 3.55. The fourth-order valence-electron chi connectivity index (χ4n) is 1.30. The van der Waals surface area contributed by atoms with E-state index in [-0.39, 0.29) is 5.78 Å². The highest BCUT2D eigenvalue weighted by Crippen LogP contribution is 2.07. The number of ketones is 1. The summed E-state index contributed by atoms with van der Waals surface area (Å²) < 4.78 is 1.77. The fraction of sp³-hybridized carbons (Fsp3) is 0.222. The highest BCUT2D eigenvalue weighted by Gasteiger charge is 2.11. The van der Waals surface area contributed by atoms with Gasteiger partial charge in [0.15, 0.2) is 5.78 Å². The molecule has 0 fully saturated rings. The van der Waals surface area contributed by atoms with Crippen molar-refractivity contribution in [3.8, 4) is 0 Å². The van der Waals surface area contributed by atoms with Gasteiger partial charge in [0.25, 0.3) is 0 Å². The molecule has 0 amide bonds. The molecule has 0 radical (unpaired) electrons. The number of nitrogens with one attached hydrogen (secondary N) is 1. The number of Topliss-reactive ketones (excluding diaryl/α,β-unsaturated/α-hetero) is 1. The Hall–Kier alpha value is -1.75. The second-order valence-electron chi connectivity index (χ2n) is 2.92. The minimum atomic E-state index is -0.0250. The average Bonchev–Trinajstić information content (AvgIpc) is 2.61. The molecule has 0 bridgehead atoms. The SMILES string of the molecule is CNCC(=O)c1ncn2ccncc12. The van der Waals surface area contributed by atoms with Crippen LogP contribution in [0, 0.1) is 0 Å². The van der Waals surface area contributed by atoms with Crippen LogP contribution in [0.2, 0.25) is 0 Å². The fourth-order valence-corrected chi connectivity index (χ4v) is 1.30. The van der Waals surface area contributed by atoms with Crippen LogP contribution in [0.15, 0.2) is 24.9 Å². The van der Waals surface area contributed by atoms with Crippen LogP contribution >= 0.6 is 0 Å². The predicted molar refractivity (Wildman–Crippen MR) is 51.2 cm³/mol. The topological polar surface area (TPSA) is 59.3 Å². The Morgan fingerprint density at radius 2 is 2.50 bits per heavy atom. The molecule has 14 heavy (non-hydrogen) atoms. The third-order valence-corrected chi connectivity index (χ3v) is 1.94. The van der Waals surface area contributed by atoms with E-state index in [4.69, 9.17) is 0 Å². The van der Waals surface area contributed by atoms with Crippen LogP contribution in [0.1, 0.15) is 10.5 Å². The Labute approximate surface area is 80.8 Å². The third kappa shape index (κ3) is 1.38. The lowest BCUT2D eigenvalue weighted by Crippen LogP contribution is -2.19. The molecule has 2 heterocycles. The molecular formula is C9H10N4O. The summed E-state index contributed by atoms with van der Waals surface area (Å²) in [6.45, 7) is 0.293. The van der Waals surface area contributed by atoms with Gasteiger partial charge in [-0.3, -0.25) is 9.78 Å². The molecule has 0 saturated carbocycles. The van der Waals surface area contributed by atoms with Crippen LogP contribution < -0.4 is 5.32 Å². The lowest BCUT2D eigenvalue weighted by atomic mass is 10.2. The van der Waals surface area contributed by atoms with Crippen molar-refractivity contribution in [3.05, 3.63) is 30.6 Å². The van der Waals surface area contributed by atoms with Crippen molar-refractivity contribution >= 4 is 11.3 Å². The van der Waals surface area contributed by atoms with E-state index in [0.717, 1.165) is 5.52 Å². The highest BCUT2D eigenvalue weighted by molar-refractivity contribution is 6.01. The first-order valence-corrected chi connectivity index (χ1v) is 4.27. The largest absolute Gasteiger partial charge is 0.313 e. The molecule has 2 aromatic heterocycles. The minimum absolute atomic E-state index is 0.0250. The summed E-state index contributed by atoms with van der Waals surface area (Å²) in [4.78, 5) is 19.6. The number of rotatable bonds is 3. The summed E-state index contributed by atoms with van der Waals surface area (Å²) in [6.07, 6.45) is 6.66. The van der Waals surface area contributed by atoms with E-state index in [2.05, 4.69) is 15.3 Å². The van der Waals surface area contributed by atoms with E-state index in [1.807, 2.05) is 0 Å². The maximum atomic E-state index is 11.6. The first kappa shape index (κ1) is 8.83. The number of nitrogens with zero attached hydrogens (tertiary/aromatic N) is 3. The van der Waals surface area contributed by atoms with Crippen molar-refractivity contribution in [2.45, 2.75) is 0 Å². The van der Waals surface area contributed by atoms with Gasteiger partial charge in [-0.05, 0) is 7.05 Å². The van der Waals surface area contributed by atoms with Gasteiger partial charge in [0, 0.05) is 12.4 Å². The normalized spacial score (nSPS) is 10.6. The van der Waals surface area contributed by atoms with E-state index < -0.39 is 0 Å². The molecule has 0 aliphatic rings. The summed E-state index contributed by atoms with van der Waals surface area (Å²) in [5.74, 6) is -0.0250. The van der Waals surface area contributed by atoms with Crippen LogP contribution in [-0.4, -0.2) is 33.7 Å². The molecule has 0 atom stereocenters. The van der Waals surface area contributed by atoms with Gasteiger partial charge in [-0.2, -0.15) is 0 Å². The van der Waals surface area contributed by atoms with Crippen molar-refractivity contribution in [1.29, 1.82) is 0 Å². The van der Waals surface area contributed by atoms with Gasteiger partial charge in [0.2, 0.25) is 0 Å². The lowest BCUT2D eigenvalue weighted by Gasteiger charge is -1.96. The molecule has 0 saturated heterocycles. The molecule has 0 spiro atoms. The summed E-state index contributed by atoms with van der Waals surface area (Å²) in [5, 5.41) is 2.80. The number of carbonyl (C=O) groups is 1. The molecule has 5 nitrogen and oxygen atoms in total. The van der Waals surface area contributed by atoms with Crippen LogP contribution in [-0.2, 0) is 0 Å². The van der Waals surface area contributed by atoms with Crippen molar-refractivity contribution in [3.63, 3.8) is 0 Å². The predicted octanol–water partition coefficient (Wildman–Crippen LogP) is 0.131. The summed E-state index contributed by atoms with van der Waals surface area (Å²) in [7, 11) is 1.73. The number of hydrogen-bond acceptors (Lipinski definition) is 4. The van der Waals surface area contributed by atoms with Crippen LogP contribution in [0.5, 0.6) is 0 Å². The lowest BCUT2D eigenvalue weighted by molar-refractivity contribution is 0.0991. The van der Waals surface area contributed by atoms with Gasteiger partial charge in [0.05, 0.1) is 18.3 Å². The van der Waals surface area contributed by atoms with Crippen molar-refractivity contribution in [1.82, 2.24) is 19.7 Å². The van der Waals surface area contributed by atoms with Crippen LogP contribution in [0.25, 0.3) is 5.52 Å². The van der Waals surface area contributed by atoms with E-state index in [0.29, 0.717) is 12.2 Å². The average molecular weight is 190 g/mol. The molecular weight excluding hydrogens is 180 g/mol. The Bertz CT molecular complexity index is 463. The van der Waals surface area contributed by atoms with Gasteiger partial charge in [-0.25, -0.2) is 4.98 Å². The van der Waals surface area contributed by atoms with E-state index in [1.165, 1.54) is 0 Å². The van der Waals surface area contributed by atoms with Crippen molar-refractivity contribution in [2.75, 3.05) is 13.6 Å². The number of fused-ring (bicyclic) bond motifs is 1. The first-order valence-electron chi connectivity index (χ1n) is 4.27. The standard InChI is InChI=1S/C9H10N4O/c1-10-5-8(14)9-7-4-11-2-3-13(7)6-12-9/h2-4,6,10H,5H2,1H3.